The molecule has 0 aromatic heterocycles. The zero-order valence-electron chi connectivity index (χ0n) is 10.2. The lowest BCUT2D eigenvalue weighted by molar-refractivity contribution is -0.384. The number of carbonyl (C=O) groups is 1. The summed E-state index contributed by atoms with van der Waals surface area (Å²) in [4.78, 5) is 23.1. The summed E-state index contributed by atoms with van der Waals surface area (Å²) in [5.41, 5.74) is 1.10. The topological polar surface area (TPSA) is 92.9 Å². The van der Waals surface area contributed by atoms with Crippen molar-refractivity contribution in [3.05, 3.63) is 33.9 Å². The maximum atomic E-state index is 10.9. The lowest BCUT2D eigenvalue weighted by Crippen LogP contribution is -2.36. The molecule has 1 saturated heterocycles. The Bertz CT molecular complexity index is 497. The maximum absolute atomic E-state index is 10.9. The van der Waals surface area contributed by atoms with Gasteiger partial charge in [-0.25, -0.2) is 0 Å². The molecule has 0 aliphatic carbocycles. The molecule has 7 nitrogen and oxygen atoms in total. The van der Waals surface area contributed by atoms with Crippen LogP contribution in [0.1, 0.15) is 5.56 Å². The van der Waals surface area contributed by atoms with Gasteiger partial charge in [-0.15, -0.1) is 0 Å². The van der Waals surface area contributed by atoms with Crippen molar-refractivity contribution in [2.75, 3.05) is 31.2 Å². The number of non-ortho nitro benzene ring substituents is 1. The normalized spacial score (nSPS) is 15.3. The van der Waals surface area contributed by atoms with E-state index in [-0.39, 0.29) is 12.1 Å². The number of anilines is 1. The molecule has 19 heavy (non-hydrogen) atoms. The van der Waals surface area contributed by atoms with Crippen LogP contribution in [-0.2, 0) is 16.0 Å². The Kier molecular flexibility index (Phi) is 3.96. The number of aliphatic carboxylic acids is 1. The molecule has 1 fully saturated rings. The van der Waals surface area contributed by atoms with Gasteiger partial charge in [0.25, 0.3) is 5.69 Å². The highest BCUT2D eigenvalue weighted by Gasteiger charge is 2.19. The molecular formula is C12H14N2O5. The van der Waals surface area contributed by atoms with Crippen molar-refractivity contribution in [2.45, 2.75) is 6.42 Å². The van der Waals surface area contributed by atoms with E-state index in [1.54, 1.807) is 6.07 Å². The van der Waals surface area contributed by atoms with Crippen LogP contribution in [0.2, 0.25) is 0 Å². The first-order valence-electron chi connectivity index (χ1n) is 5.90. The first kappa shape index (κ1) is 13.3. The monoisotopic (exact) mass is 266 g/mol. The van der Waals surface area contributed by atoms with Crippen LogP contribution in [0.3, 0.4) is 0 Å². The van der Waals surface area contributed by atoms with Crippen LogP contribution in [0.5, 0.6) is 0 Å². The summed E-state index contributed by atoms with van der Waals surface area (Å²) in [5.74, 6) is -1.00. The van der Waals surface area contributed by atoms with Crippen molar-refractivity contribution < 1.29 is 19.6 Å². The second-order valence-corrected chi connectivity index (χ2v) is 4.24. The Labute approximate surface area is 109 Å². The van der Waals surface area contributed by atoms with E-state index < -0.39 is 10.9 Å². The number of nitro groups is 1. The molecule has 2 rings (SSSR count). The number of benzene rings is 1. The average Bonchev–Trinajstić information content (AvgIpc) is 2.39. The summed E-state index contributed by atoms with van der Waals surface area (Å²) >= 11 is 0. The van der Waals surface area contributed by atoms with Gasteiger partial charge in [-0.05, 0) is 11.6 Å². The van der Waals surface area contributed by atoms with E-state index in [0.29, 0.717) is 31.9 Å². The Morgan fingerprint density at radius 2 is 2.11 bits per heavy atom. The molecule has 0 saturated carbocycles. The molecule has 7 heteroatoms. The molecule has 0 unspecified atom stereocenters. The Morgan fingerprint density at radius 1 is 1.42 bits per heavy atom. The number of nitro benzene ring substituents is 1. The number of morpholine rings is 1. The van der Waals surface area contributed by atoms with Gasteiger partial charge in [0.1, 0.15) is 0 Å². The molecule has 1 aliphatic rings. The van der Waals surface area contributed by atoms with Gasteiger partial charge in [-0.1, -0.05) is 0 Å². The Balaban J connectivity index is 2.34. The summed E-state index contributed by atoms with van der Waals surface area (Å²) < 4.78 is 5.24. The molecule has 0 atom stereocenters. The zero-order valence-corrected chi connectivity index (χ0v) is 10.2. The van der Waals surface area contributed by atoms with E-state index >= 15 is 0 Å². The van der Waals surface area contributed by atoms with E-state index in [4.69, 9.17) is 9.84 Å². The van der Waals surface area contributed by atoms with E-state index in [0.717, 1.165) is 5.69 Å². The molecule has 1 aromatic carbocycles. The zero-order chi connectivity index (χ0) is 13.8. The van der Waals surface area contributed by atoms with Crippen molar-refractivity contribution in [2.24, 2.45) is 0 Å². The summed E-state index contributed by atoms with van der Waals surface area (Å²) in [5, 5.41) is 19.7. The second kappa shape index (κ2) is 5.66. The first-order chi connectivity index (χ1) is 9.08. The molecule has 1 N–H and O–H groups in total. The lowest BCUT2D eigenvalue weighted by atomic mass is 10.1. The third-order valence-corrected chi connectivity index (χ3v) is 2.97. The van der Waals surface area contributed by atoms with Gasteiger partial charge in [-0.2, -0.15) is 0 Å². The number of hydrogen-bond acceptors (Lipinski definition) is 5. The van der Waals surface area contributed by atoms with Gasteiger partial charge in [0.05, 0.1) is 24.6 Å². The first-order valence-corrected chi connectivity index (χ1v) is 5.90. The number of hydrogen-bond donors (Lipinski definition) is 1. The van der Waals surface area contributed by atoms with Crippen molar-refractivity contribution in [1.82, 2.24) is 0 Å². The molecule has 0 amide bonds. The minimum Gasteiger partial charge on any atom is -0.481 e. The maximum Gasteiger partial charge on any atom is 0.307 e. The highest BCUT2D eigenvalue weighted by Crippen LogP contribution is 2.26. The largest absolute Gasteiger partial charge is 0.481 e. The molecule has 102 valence electrons. The van der Waals surface area contributed by atoms with Gasteiger partial charge < -0.3 is 14.7 Å². The quantitative estimate of drug-likeness (QED) is 0.647. The van der Waals surface area contributed by atoms with Crippen LogP contribution < -0.4 is 4.90 Å². The minimum atomic E-state index is -1.00. The van der Waals surface area contributed by atoms with Crippen LogP contribution in [-0.4, -0.2) is 42.3 Å². The third-order valence-electron chi connectivity index (χ3n) is 2.97. The van der Waals surface area contributed by atoms with Crippen molar-refractivity contribution >= 4 is 17.3 Å². The van der Waals surface area contributed by atoms with Gasteiger partial charge in [0.2, 0.25) is 0 Å². The number of carboxylic acids is 1. The van der Waals surface area contributed by atoms with E-state index in [2.05, 4.69) is 0 Å². The highest BCUT2D eigenvalue weighted by atomic mass is 16.6. The summed E-state index contributed by atoms with van der Waals surface area (Å²) in [6.07, 6.45) is -0.228. The van der Waals surface area contributed by atoms with Crippen LogP contribution in [0.25, 0.3) is 0 Å². The number of nitrogens with zero attached hydrogens (tertiary/aromatic N) is 2. The lowest BCUT2D eigenvalue weighted by Gasteiger charge is -2.30. The Morgan fingerprint density at radius 3 is 2.68 bits per heavy atom. The van der Waals surface area contributed by atoms with Crippen molar-refractivity contribution in [3.63, 3.8) is 0 Å². The summed E-state index contributed by atoms with van der Waals surface area (Å²) in [6, 6.07) is 4.34. The highest BCUT2D eigenvalue weighted by molar-refractivity contribution is 5.74. The molecule has 1 aliphatic heterocycles. The molecule has 0 bridgehead atoms. The van der Waals surface area contributed by atoms with Gasteiger partial charge in [0.15, 0.2) is 0 Å². The van der Waals surface area contributed by atoms with Crippen LogP contribution in [0.15, 0.2) is 18.2 Å². The molecular weight excluding hydrogens is 252 g/mol. The smallest absolute Gasteiger partial charge is 0.307 e. The van der Waals surface area contributed by atoms with Crippen molar-refractivity contribution in [1.29, 1.82) is 0 Å². The van der Waals surface area contributed by atoms with Gasteiger partial charge >= 0.3 is 5.97 Å². The standard InChI is InChI=1S/C12H14N2O5/c15-12(16)8-9-7-10(14(17)18)1-2-11(9)13-3-5-19-6-4-13/h1-2,7H,3-6,8H2,(H,15,16). The molecule has 0 radical (unpaired) electrons. The minimum absolute atomic E-state index is 0.0896. The van der Waals surface area contributed by atoms with E-state index in [9.17, 15) is 14.9 Å². The van der Waals surface area contributed by atoms with Crippen molar-refractivity contribution in [3.8, 4) is 0 Å². The fraction of sp³-hybridized carbons (Fsp3) is 0.417. The fourth-order valence-electron chi connectivity index (χ4n) is 2.10. The van der Waals surface area contributed by atoms with Gasteiger partial charge in [-0.3, -0.25) is 14.9 Å². The Hall–Kier alpha value is -2.15. The van der Waals surface area contributed by atoms with Crippen LogP contribution in [0, 0.1) is 10.1 Å². The predicted octanol–water partition coefficient (Wildman–Crippen LogP) is 1.06. The number of ether oxygens (including phenoxy) is 1. The average molecular weight is 266 g/mol. The summed E-state index contributed by atoms with van der Waals surface area (Å²) in [7, 11) is 0. The number of carboxylic acid groups (broad SMARTS) is 1. The molecule has 0 spiro atoms. The van der Waals surface area contributed by atoms with Crippen LogP contribution in [0.4, 0.5) is 11.4 Å². The van der Waals surface area contributed by atoms with Crippen LogP contribution >= 0.6 is 0 Å². The SMILES string of the molecule is O=C(O)Cc1cc([N+](=O)[O-])ccc1N1CCOCC1. The second-order valence-electron chi connectivity index (χ2n) is 4.24. The van der Waals surface area contributed by atoms with Gasteiger partial charge in [0, 0.05) is 30.9 Å². The predicted molar refractivity (Wildman–Crippen MR) is 67.5 cm³/mol. The molecule has 1 aromatic rings. The number of rotatable bonds is 4. The molecule has 1 heterocycles. The van der Waals surface area contributed by atoms with E-state index in [1.165, 1.54) is 12.1 Å². The summed E-state index contributed by atoms with van der Waals surface area (Å²) in [6.45, 7) is 2.46. The van der Waals surface area contributed by atoms with E-state index in [1.807, 2.05) is 4.90 Å². The fourth-order valence-corrected chi connectivity index (χ4v) is 2.10. The third kappa shape index (κ3) is 3.19.